The minimum Gasteiger partial charge on any atom is -0.459 e. The molecule has 4 rings (SSSR count). The fraction of sp³-hybridized carbons (Fsp3) is 0.0833. The lowest BCUT2D eigenvalue weighted by atomic mass is 9.91. The number of amides is 1. The molecular formula is C24H19Cl2N7O2. The van der Waals surface area contributed by atoms with Crippen molar-refractivity contribution in [2.24, 2.45) is 0 Å². The van der Waals surface area contributed by atoms with Crippen molar-refractivity contribution >= 4 is 52.1 Å². The summed E-state index contributed by atoms with van der Waals surface area (Å²) in [5, 5.41) is 13.9. The van der Waals surface area contributed by atoms with Gasteiger partial charge in [0.05, 0.1) is 18.3 Å². The summed E-state index contributed by atoms with van der Waals surface area (Å²) in [6.07, 6.45) is 2.68. The smallest absolute Gasteiger partial charge is 0.305 e. The van der Waals surface area contributed by atoms with Gasteiger partial charge in [0, 0.05) is 15.7 Å². The molecule has 5 N–H and O–H groups in total. The predicted molar refractivity (Wildman–Crippen MR) is 135 cm³/mol. The Labute approximate surface area is 210 Å². The predicted octanol–water partition coefficient (Wildman–Crippen LogP) is 5.42. The van der Waals surface area contributed by atoms with Crippen LogP contribution in [0.1, 0.15) is 33.2 Å². The first-order chi connectivity index (χ1) is 16.9. The number of aryl methyl sites for hydroxylation is 1. The maximum Gasteiger partial charge on any atom is 0.305 e. The average Bonchev–Trinajstić information content (AvgIpc) is 3.39. The van der Waals surface area contributed by atoms with E-state index >= 15 is 0 Å². The topological polar surface area (TPSA) is 142 Å². The molecule has 0 aliphatic carbocycles. The molecule has 0 fully saturated rings. The Bertz CT molecular complexity index is 1400. The Morgan fingerprint density at radius 3 is 2.57 bits per heavy atom. The molecule has 0 saturated heterocycles. The number of hydrogen-bond donors (Lipinski definition) is 4. The number of anilines is 4. The highest BCUT2D eigenvalue weighted by molar-refractivity contribution is 6.32. The Kier molecular flexibility index (Phi) is 7.06. The zero-order valence-electron chi connectivity index (χ0n) is 18.3. The van der Waals surface area contributed by atoms with E-state index in [0.717, 1.165) is 11.1 Å². The normalized spacial score (nSPS) is 11.4. The standard InChI is InChI=1S/C24H19Cl2N7O2/c1-13-9-16(17(11-27)14-4-6-15(25)7-5-14)18(26)10-19(13)31-22-21(28)23(30-12-29-22)32-33-24(34)20-3-2-8-35-20/h2-10,12,17H,28H2,1H3,(H,33,34)(H2,29,30,31,32). The van der Waals surface area contributed by atoms with Crippen molar-refractivity contribution < 1.29 is 9.21 Å². The maximum absolute atomic E-state index is 12.1. The second-order valence-corrected chi connectivity index (χ2v) is 8.31. The van der Waals surface area contributed by atoms with Crippen molar-refractivity contribution in [1.29, 1.82) is 5.26 Å². The Morgan fingerprint density at radius 1 is 1.14 bits per heavy atom. The number of nitrogen functional groups attached to an aromatic ring is 1. The van der Waals surface area contributed by atoms with Gasteiger partial charge in [-0.05, 0) is 53.9 Å². The van der Waals surface area contributed by atoms with Crippen LogP contribution in [0, 0.1) is 18.3 Å². The Morgan fingerprint density at radius 2 is 1.89 bits per heavy atom. The third-order valence-corrected chi connectivity index (χ3v) is 5.74. The van der Waals surface area contributed by atoms with Crippen LogP contribution in [0.2, 0.25) is 10.0 Å². The van der Waals surface area contributed by atoms with Crippen molar-refractivity contribution in [1.82, 2.24) is 15.4 Å². The average molecular weight is 508 g/mol. The molecule has 2 aromatic carbocycles. The molecule has 9 nitrogen and oxygen atoms in total. The van der Waals surface area contributed by atoms with Crippen molar-refractivity contribution in [2.45, 2.75) is 12.8 Å². The second kappa shape index (κ2) is 10.3. The number of halogens is 2. The van der Waals surface area contributed by atoms with Gasteiger partial charge in [0.1, 0.15) is 12.0 Å². The van der Waals surface area contributed by atoms with E-state index in [1.54, 1.807) is 36.4 Å². The third kappa shape index (κ3) is 5.30. The highest BCUT2D eigenvalue weighted by atomic mass is 35.5. The molecule has 1 unspecified atom stereocenters. The number of benzene rings is 2. The summed E-state index contributed by atoms with van der Waals surface area (Å²) in [5.41, 5.74) is 14.4. The van der Waals surface area contributed by atoms with Crippen LogP contribution < -0.4 is 21.9 Å². The van der Waals surface area contributed by atoms with Crippen LogP contribution in [0.15, 0.2) is 65.5 Å². The lowest BCUT2D eigenvalue weighted by Crippen LogP contribution is -2.30. The molecule has 11 heteroatoms. The van der Waals surface area contributed by atoms with Gasteiger partial charge < -0.3 is 15.5 Å². The monoisotopic (exact) mass is 507 g/mol. The van der Waals surface area contributed by atoms with Gasteiger partial charge in [0.15, 0.2) is 17.4 Å². The van der Waals surface area contributed by atoms with Crippen molar-refractivity contribution in [3.63, 3.8) is 0 Å². The lowest BCUT2D eigenvalue weighted by molar-refractivity contribution is 0.0935. The number of aromatic nitrogens is 2. The number of nitrogens with zero attached hydrogens (tertiary/aromatic N) is 3. The van der Waals surface area contributed by atoms with E-state index in [1.165, 1.54) is 18.7 Å². The lowest BCUT2D eigenvalue weighted by Gasteiger charge is -2.17. The summed E-state index contributed by atoms with van der Waals surface area (Å²) in [4.78, 5) is 20.3. The Hall–Kier alpha value is -4.26. The number of hydrazine groups is 1. The van der Waals surface area contributed by atoms with E-state index in [0.29, 0.717) is 27.1 Å². The van der Waals surface area contributed by atoms with Crippen molar-refractivity contribution in [3.05, 3.63) is 93.6 Å². The van der Waals surface area contributed by atoms with Crippen LogP contribution >= 0.6 is 23.2 Å². The SMILES string of the molecule is Cc1cc(C(C#N)c2ccc(Cl)cc2)c(Cl)cc1Nc1ncnc(NNC(=O)c2ccco2)c1N. The number of carbonyl (C=O) groups excluding carboxylic acids is 1. The van der Waals surface area contributed by atoms with Crippen molar-refractivity contribution in [2.75, 3.05) is 16.5 Å². The van der Waals surface area contributed by atoms with Crippen LogP contribution in [0.25, 0.3) is 0 Å². The molecule has 0 bridgehead atoms. The van der Waals surface area contributed by atoms with E-state index < -0.39 is 11.8 Å². The molecule has 1 amide bonds. The third-order valence-electron chi connectivity index (χ3n) is 5.16. The van der Waals surface area contributed by atoms with Gasteiger partial charge >= 0.3 is 5.91 Å². The zero-order chi connectivity index (χ0) is 24.9. The molecule has 4 aromatic rings. The molecule has 0 aliphatic rings. The quantitative estimate of drug-likeness (QED) is 0.242. The van der Waals surface area contributed by atoms with Crippen LogP contribution in [0.5, 0.6) is 0 Å². The van der Waals surface area contributed by atoms with Gasteiger partial charge in [0.2, 0.25) is 0 Å². The fourth-order valence-corrected chi connectivity index (χ4v) is 3.75. The fourth-order valence-electron chi connectivity index (χ4n) is 3.35. The number of nitriles is 1. The first kappa shape index (κ1) is 23.9. The Balaban J connectivity index is 1.55. The van der Waals surface area contributed by atoms with Crippen LogP contribution in [-0.4, -0.2) is 15.9 Å². The summed E-state index contributed by atoms with van der Waals surface area (Å²) in [7, 11) is 0. The molecule has 0 radical (unpaired) electrons. The van der Waals surface area contributed by atoms with E-state index in [9.17, 15) is 10.1 Å². The molecule has 0 aliphatic heterocycles. The zero-order valence-corrected chi connectivity index (χ0v) is 19.9. The summed E-state index contributed by atoms with van der Waals surface area (Å²) in [5.74, 6) is -0.437. The number of hydrogen-bond acceptors (Lipinski definition) is 8. The number of nitrogens with one attached hydrogen (secondary N) is 3. The molecular weight excluding hydrogens is 489 g/mol. The van der Waals surface area contributed by atoms with Gasteiger partial charge in [0.25, 0.3) is 0 Å². The highest BCUT2D eigenvalue weighted by Crippen LogP contribution is 2.36. The molecule has 2 heterocycles. The van der Waals surface area contributed by atoms with Gasteiger partial charge in [-0.3, -0.25) is 15.6 Å². The van der Waals surface area contributed by atoms with Gasteiger partial charge in [-0.15, -0.1) is 0 Å². The number of nitrogens with two attached hydrogens (primary N) is 1. The molecule has 2 aromatic heterocycles. The number of furan rings is 1. The first-order valence-electron chi connectivity index (χ1n) is 10.3. The second-order valence-electron chi connectivity index (χ2n) is 7.47. The number of carbonyl (C=O) groups is 1. The summed E-state index contributed by atoms with van der Waals surface area (Å²) >= 11 is 12.6. The highest BCUT2D eigenvalue weighted by Gasteiger charge is 2.19. The summed E-state index contributed by atoms with van der Waals surface area (Å²) < 4.78 is 5.04. The van der Waals surface area contributed by atoms with E-state index in [-0.39, 0.29) is 17.3 Å². The van der Waals surface area contributed by atoms with Crippen molar-refractivity contribution in [3.8, 4) is 6.07 Å². The largest absolute Gasteiger partial charge is 0.459 e. The molecule has 0 spiro atoms. The molecule has 1 atom stereocenters. The van der Waals surface area contributed by atoms with Crippen LogP contribution in [-0.2, 0) is 0 Å². The van der Waals surface area contributed by atoms with Crippen LogP contribution in [0.4, 0.5) is 23.0 Å². The van der Waals surface area contributed by atoms with Gasteiger partial charge in [-0.25, -0.2) is 9.97 Å². The van der Waals surface area contributed by atoms with E-state index in [1.807, 2.05) is 13.0 Å². The minimum atomic E-state index is -0.565. The molecule has 176 valence electrons. The van der Waals surface area contributed by atoms with E-state index in [2.05, 4.69) is 32.2 Å². The van der Waals surface area contributed by atoms with Gasteiger partial charge in [-0.2, -0.15) is 5.26 Å². The first-order valence-corrected chi connectivity index (χ1v) is 11.1. The number of rotatable bonds is 7. The maximum atomic E-state index is 12.1. The van der Waals surface area contributed by atoms with Crippen LogP contribution in [0.3, 0.4) is 0 Å². The molecule has 35 heavy (non-hydrogen) atoms. The van der Waals surface area contributed by atoms with Gasteiger partial charge in [-0.1, -0.05) is 41.4 Å². The molecule has 0 saturated carbocycles. The summed E-state index contributed by atoms with van der Waals surface area (Å²) in [6, 6.07) is 16.0. The summed E-state index contributed by atoms with van der Waals surface area (Å²) in [6.45, 7) is 1.87. The minimum absolute atomic E-state index is 0.128. The van der Waals surface area contributed by atoms with E-state index in [4.69, 9.17) is 33.4 Å².